The summed E-state index contributed by atoms with van der Waals surface area (Å²) in [5.74, 6) is -2.47. The van der Waals surface area contributed by atoms with Gasteiger partial charge in [-0.05, 0) is 5.56 Å². The molecule has 104 valence electrons. The van der Waals surface area contributed by atoms with E-state index in [0.717, 1.165) is 0 Å². The second-order valence-electron chi connectivity index (χ2n) is 3.94. The van der Waals surface area contributed by atoms with Gasteiger partial charge in [0.1, 0.15) is 6.04 Å². The van der Waals surface area contributed by atoms with E-state index in [1.165, 1.54) is 0 Å². The minimum absolute atomic E-state index is 0.164. The monoisotopic (exact) mass is 275 g/mol. The molecule has 0 aliphatic heterocycles. The lowest BCUT2D eigenvalue weighted by Gasteiger charge is -2.16. The summed E-state index contributed by atoms with van der Waals surface area (Å²) < 4.78 is 36.4. The average Bonchev–Trinajstić information content (AvgIpc) is 2.27. The SMILES string of the molecule is O=C(Cc1ccccc1)NC(CC(F)(F)F)C(=O)O. The quantitative estimate of drug-likeness (QED) is 0.860. The largest absolute Gasteiger partial charge is 0.480 e. The molecule has 0 aromatic heterocycles. The highest BCUT2D eigenvalue weighted by Crippen LogP contribution is 2.21. The zero-order valence-electron chi connectivity index (χ0n) is 9.78. The molecule has 0 radical (unpaired) electrons. The molecule has 1 aromatic carbocycles. The Morgan fingerprint density at radius 3 is 2.26 bits per heavy atom. The predicted molar refractivity (Wildman–Crippen MR) is 60.4 cm³/mol. The second-order valence-corrected chi connectivity index (χ2v) is 3.94. The summed E-state index contributed by atoms with van der Waals surface area (Å²) in [6.07, 6.45) is -6.41. The molecule has 0 heterocycles. The van der Waals surface area contributed by atoms with Gasteiger partial charge in [-0.3, -0.25) is 4.79 Å². The molecule has 0 bridgehead atoms. The van der Waals surface area contributed by atoms with Crippen molar-refractivity contribution in [3.63, 3.8) is 0 Å². The summed E-state index contributed by atoms with van der Waals surface area (Å²) in [5, 5.41) is 10.5. The van der Waals surface area contributed by atoms with Crippen LogP contribution in [0.4, 0.5) is 13.2 Å². The molecular weight excluding hydrogens is 263 g/mol. The third-order valence-corrected chi connectivity index (χ3v) is 2.28. The number of carbonyl (C=O) groups is 2. The van der Waals surface area contributed by atoms with E-state index in [0.29, 0.717) is 5.56 Å². The Morgan fingerprint density at radius 1 is 1.21 bits per heavy atom. The summed E-state index contributed by atoms with van der Waals surface area (Å²) >= 11 is 0. The number of carboxylic acid groups (broad SMARTS) is 1. The third kappa shape index (κ3) is 5.89. The van der Waals surface area contributed by atoms with Gasteiger partial charge in [0.2, 0.25) is 5.91 Å². The van der Waals surface area contributed by atoms with Crippen LogP contribution in [0.5, 0.6) is 0 Å². The Bertz CT molecular complexity index is 445. The Kier molecular flexibility index (Phi) is 4.91. The van der Waals surface area contributed by atoms with Crippen LogP contribution in [0.3, 0.4) is 0 Å². The number of halogens is 3. The van der Waals surface area contributed by atoms with Crippen molar-refractivity contribution in [1.29, 1.82) is 0 Å². The first kappa shape index (κ1) is 15.0. The maximum absolute atomic E-state index is 12.1. The highest BCUT2D eigenvalue weighted by Gasteiger charge is 2.36. The molecule has 2 N–H and O–H groups in total. The molecule has 0 saturated heterocycles. The van der Waals surface area contributed by atoms with Gasteiger partial charge in [0.15, 0.2) is 0 Å². The van der Waals surface area contributed by atoms with Crippen molar-refractivity contribution in [2.24, 2.45) is 0 Å². The Balaban J connectivity index is 2.60. The van der Waals surface area contributed by atoms with Gasteiger partial charge in [-0.1, -0.05) is 30.3 Å². The molecule has 0 saturated carbocycles. The van der Waals surface area contributed by atoms with Crippen LogP contribution in [0.25, 0.3) is 0 Å². The number of rotatable bonds is 5. The maximum atomic E-state index is 12.1. The van der Waals surface area contributed by atoms with E-state index in [1.54, 1.807) is 30.3 Å². The van der Waals surface area contributed by atoms with E-state index >= 15 is 0 Å². The first-order chi connectivity index (χ1) is 8.78. The predicted octanol–water partition coefficient (Wildman–Crippen LogP) is 1.75. The molecule has 1 unspecified atom stereocenters. The molecule has 19 heavy (non-hydrogen) atoms. The molecule has 1 aromatic rings. The van der Waals surface area contributed by atoms with Crippen molar-refractivity contribution in [3.8, 4) is 0 Å². The molecule has 0 fully saturated rings. The number of hydrogen-bond donors (Lipinski definition) is 2. The van der Waals surface area contributed by atoms with Crippen LogP contribution in [-0.2, 0) is 16.0 Å². The molecular formula is C12H12F3NO3. The van der Waals surface area contributed by atoms with Crippen molar-refractivity contribution >= 4 is 11.9 Å². The molecule has 1 rings (SSSR count). The number of aliphatic carboxylic acids is 1. The summed E-state index contributed by atoms with van der Waals surface area (Å²) in [7, 11) is 0. The lowest BCUT2D eigenvalue weighted by Crippen LogP contribution is -2.44. The summed E-state index contributed by atoms with van der Waals surface area (Å²) in [4.78, 5) is 22.1. The second kappa shape index (κ2) is 6.21. The number of nitrogens with one attached hydrogen (secondary N) is 1. The molecule has 0 aliphatic carbocycles. The lowest BCUT2D eigenvalue weighted by atomic mass is 10.1. The van der Waals surface area contributed by atoms with E-state index in [-0.39, 0.29) is 6.42 Å². The minimum Gasteiger partial charge on any atom is -0.480 e. The van der Waals surface area contributed by atoms with Crippen LogP contribution in [-0.4, -0.2) is 29.2 Å². The fourth-order valence-electron chi connectivity index (χ4n) is 1.46. The van der Waals surface area contributed by atoms with E-state index in [4.69, 9.17) is 5.11 Å². The van der Waals surface area contributed by atoms with Crippen molar-refractivity contribution in [3.05, 3.63) is 35.9 Å². The summed E-state index contributed by atoms with van der Waals surface area (Å²) in [6, 6.07) is 6.36. The zero-order chi connectivity index (χ0) is 14.5. The molecule has 0 spiro atoms. The van der Waals surface area contributed by atoms with Crippen molar-refractivity contribution in [1.82, 2.24) is 5.32 Å². The van der Waals surface area contributed by atoms with Gasteiger partial charge < -0.3 is 10.4 Å². The minimum atomic E-state index is -4.65. The van der Waals surface area contributed by atoms with Gasteiger partial charge >= 0.3 is 12.1 Å². The molecule has 1 amide bonds. The van der Waals surface area contributed by atoms with E-state index in [9.17, 15) is 22.8 Å². The number of benzene rings is 1. The van der Waals surface area contributed by atoms with Gasteiger partial charge in [0.25, 0.3) is 0 Å². The lowest BCUT2D eigenvalue weighted by molar-refractivity contribution is -0.159. The smallest absolute Gasteiger partial charge is 0.391 e. The van der Waals surface area contributed by atoms with Crippen molar-refractivity contribution in [2.75, 3.05) is 0 Å². The third-order valence-electron chi connectivity index (χ3n) is 2.28. The van der Waals surface area contributed by atoms with Gasteiger partial charge in [-0.15, -0.1) is 0 Å². The number of carboxylic acids is 1. The Hall–Kier alpha value is -2.05. The Labute approximate surface area is 107 Å². The number of amides is 1. The first-order valence-electron chi connectivity index (χ1n) is 5.41. The van der Waals surface area contributed by atoms with Gasteiger partial charge in [0, 0.05) is 0 Å². The molecule has 1 atom stereocenters. The highest BCUT2D eigenvalue weighted by molar-refractivity contribution is 5.84. The van der Waals surface area contributed by atoms with Gasteiger partial charge in [-0.25, -0.2) is 4.79 Å². The van der Waals surface area contributed by atoms with E-state index < -0.39 is 30.5 Å². The zero-order valence-corrected chi connectivity index (χ0v) is 9.78. The van der Waals surface area contributed by atoms with Crippen LogP contribution < -0.4 is 5.32 Å². The van der Waals surface area contributed by atoms with Crippen LogP contribution >= 0.6 is 0 Å². The maximum Gasteiger partial charge on any atom is 0.391 e. The topological polar surface area (TPSA) is 66.4 Å². The van der Waals surface area contributed by atoms with Gasteiger partial charge in [-0.2, -0.15) is 13.2 Å². The average molecular weight is 275 g/mol. The van der Waals surface area contributed by atoms with E-state index in [2.05, 4.69) is 0 Å². The molecule has 4 nitrogen and oxygen atoms in total. The standard InChI is InChI=1S/C12H12F3NO3/c13-12(14,15)7-9(11(18)19)16-10(17)6-8-4-2-1-3-5-8/h1-5,9H,6-7H2,(H,16,17)(H,18,19). The Morgan fingerprint density at radius 2 is 1.79 bits per heavy atom. The fraction of sp³-hybridized carbons (Fsp3) is 0.333. The van der Waals surface area contributed by atoms with E-state index in [1.807, 2.05) is 5.32 Å². The normalized spacial score (nSPS) is 12.8. The van der Waals surface area contributed by atoms with Crippen molar-refractivity contribution in [2.45, 2.75) is 25.1 Å². The van der Waals surface area contributed by atoms with Gasteiger partial charge in [0.05, 0.1) is 12.8 Å². The molecule has 0 aliphatic rings. The van der Waals surface area contributed by atoms with Crippen LogP contribution in [0.2, 0.25) is 0 Å². The van der Waals surface area contributed by atoms with Crippen LogP contribution in [0.1, 0.15) is 12.0 Å². The number of alkyl halides is 3. The van der Waals surface area contributed by atoms with Crippen LogP contribution in [0, 0.1) is 0 Å². The molecule has 7 heteroatoms. The fourth-order valence-corrected chi connectivity index (χ4v) is 1.46. The summed E-state index contributed by atoms with van der Waals surface area (Å²) in [6.45, 7) is 0. The first-order valence-corrected chi connectivity index (χ1v) is 5.41. The summed E-state index contributed by atoms with van der Waals surface area (Å²) in [5.41, 5.74) is 0.594. The number of carbonyl (C=O) groups excluding carboxylic acids is 1. The number of hydrogen-bond acceptors (Lipinski definition) is 2. The van der Waals surface area contributed by atoms with Crippen LogP contribution in [0.15, 0.2) is 30.3 Å². The highest BCUT2D eigenvalue weighted by atomic mass is 19.4. The van der Waals surface area contributed by atoms with Crippen molar-refractivity contribution < 1.29 is 27.9 Å².